The number of hydrogen-bond acceptors (Lipinski definition) is 6. The standard InChI is InChI=1S/C14H21N3O2S2/c1-3-5-16-13(18)11-10(15)12(20-2)14(21-11)17-6-4-8-19-9-7-17/h3H,1,4-9,15H2,2H3,(H,16,18). The topological polar surface area (TPSA) is 67.6 Å². The molecule has 1 amide bonds. The Balaban J connectivity index is 2.28. The lowest BCUT2D eigenvalue weighted by Gasteiger charge is -2.21. The SMILES string of the molecule is C=CCNC(=O)c1sc(N2CCCOCC2)c(SC)c1N. The highest BCUT2D eigenvalue weighted by molar-refractivity contribution is 7.99. The predicted octanol–water partition coefficient (Wildman–Crippen LogP) is 2.19. The number of anilines is 2. The molecule has 21 heavy (non-hydrogen) atoms. The number of nitrogens with one attached hydrogen (secondary N) is 1. The van der Waals surface area contributed by atoms with Crippen LogP contribution in [0.4, 0.5) is 10.7 Å². The molecule has 116 valence electrons. The Bertz CT molecular complexity index is 509. The van der Waals surface area contributed by atoms with Gasteiger partial charge in [0.2, 0.25) is 0 Å². The molecule has 0 aliphatic carbocycles. The minimum absolute atomic E-state index is 0.134. The lowest BCUT2D eigenvalue weighted by atomic mass is 10.3. The third-order valence-electron chi connectivity index (χ3n) is 3.21. The van der Waals surface area contributed by atoms with Crippen LogP contribution in [0.2, 0.25) is 0 Å². The maximum atomic E-state index is 12.2. The maximum absolute atomic E-state index is 12.2. The number of carbonyl (C=O) groups is 1. The van der Waals surface area contributed by atoms with Gasteiger partial charge in [-0.3, -0.25) is 4.79 Å². The van der Waals surface area contributed by atoms with Gasteiger partial charge in [0, 0.05) is 26.2 Å². The number of amides is 1. The Labute approximate surface area is 133 Å². The molecule has 1 aliphatic rings. The quantitative estimate of drug-likeness (QED) is 0.641. The van der Waals surface area contributed by atoms with Crippen molar-refractivity contribution in [1.82, 2.24) is 5.32 Å². The van der Waals surface area contributed by atoms with Crippen molar-refractivity contribution in [1.29, 1.82) is 0 Å². The van der Waals surface area contributed by atoms with E-state index in [1.165, 1.54) is 11.3 Å². The summed E-state index contributed by atoms with van der Waals surface area (Å²) in [6.45, 7) is 7.31. The molecular weight excluding hydrogens is 306 g/mol. The number of nitrogens with two attached hydrogens (primary N) is 1. The van der Waals surface area contributed by atoms with Gasteiger partial charge in [-0.2, -0.15) is 0 Å². The van der Waals surface area contributed by atoms with Gasteiger partial charge in [0.1, 0.15) is 9.88 Å². The first kappa shape index (κ1) is 16.2. The zero-order valence-corrected chi connectivity index (χ0v) is 13.8. The van der Waals surface area contributed by atoms with E-state index in [4.69, 9.17) is 10.5 Å². The molecule has 0 unspecified atom stereocenters. The lowest BCUT2D eigenvalue weighted by molar-refractivity contribution is 0.0962. The molecule has 0 radical (unpaired) electrons. The molecule has 1 aliphatic heterocycles. The molecular formula is C14H21N3O2S2. The van der Waals surface area contributed by atoms with Crippen LogP contribution < -0.4 is 16.0 Å². The van der Waals surface area contributed by atoms with Crippen molar-refractivity contribution in [2.45, 2.75) is 11.3 Å². The zero-order valence-electron chi connectivity index (χ0n) is 12.2. The molecule has 0 bridgehead atoms. The smallest absolute Gasteiger partial charge is 0.263 e. The van der Waals surface area contributed by atoms with E-state index < -0.39 is 0 Å². The molecule has 0 aromatic carbocycles. The summed E-state index contributed by atoms with van der Waals surface area (Å²) in [4.78, 5) is 16.0. The van der Waals surface area contributed by atoms with Gasteiger partial charge >= 0.3 is 0 Å². The van der Waals surface area contributed by atoms with Gasteiger partial charge in [0.15, 0.2) is 0 Å². The fourth-order valence-electron chi connectivity index (χ4n) is 2.18. The third kappa shape index (κ3) is 3.72. The van der Waals surface area contributed by atoms with Crippen LogP contribution in [0, 0.1) is 0 Å². The Kier molecular flexibility index (Phi) is 5.96. The average molecular weight is 327 g/mol. The summed E-state index contributed by atoms with van der Waals surface area (Å²) in [5.74, 6) is -0.134. The molecule has 3 N–H and O–H groups in total. The third-order valence-corrected chi connectivity index (χ3v) is 5.42. The number of thiophene rings is 1. The Morgan fingerprint density at radius 3 is 3.10 bits per heavy atom. The summed E-state index contributed by atoms with van der Waals surface area (Å²) in [6, 6.07) is 0. The lowest BCUT2D eigenvalue weighted by Crippen LogP contribution is -2.25. The number of hydrogen-bond donors (Lipinski definition) is 2. The summed E-state index contributed by atoms with van der Waals surface area (Å²) in [7, 11) is 0. The van der Waals surface area contributed by atoms with Crippen molar-refractivity contribution in [3.05, 3.63) is 17.5 Å². The fraction of sp³-hybridized carbons (Fsp3) is 0.500. The van der Waals surface area contributed by atoms with E-state index >= 15 is 0 Å². The van der Waals surface area contributed by atoms with E-state index in [1.54, 1.807) is 17.8 Å². The van der Waals surface area contributed by atoms with Crippen molar-refractivity contribution in [3.63, 3.8) is 0 Å². The van der Waals surface area contributed by atoms with Gasteiger partial charge in [-0.1, -0.05) is 6.08 Å². The van der Waals surface area contributed by atoms with E-state index in [0.29, 0.717) is 23.7 Å². The second-order valence-electron chi connectivity index (χ2n) is 4.63. The van der Waals surface area contributed by atoms with Crippen LogP contribution in [0.15, 0.2) is 17.6 Å². The van der Waals surface area contributed by atoms with Gasteiger partial charge in [0.25, 0.3) is 5.91 Å². The molecule has 0 spiro atoms. The highest BCUT2D eigenvalue weighted by atomic mass is 32.2. The number of carbonyl (C=O) groups excluding carboxylic acids is 1. The normalized spacial score (nSPS) is 15.6. The van der Waals surface area contributed by atoms with Crippen molar-refractivity contribution >= 4 is 39.7 Å². The van der Waals surface area contributed by atoms with Crippen LogP contribution in [0.5, 0.6) is 0 Å². The average Bonchev–Trinajstić information content (AvgIpc) is 2.68. The number of ether oxygens (including phenoxy) is 1. The summed E-state index contributed by atoms with van der Waals surface area (Å²) >= 11 is 3.05. The minimum atomic E-state index is -0.134. The van der Waals surface area contributed by atoms with Crippen LogP contribution in [-0.4, -0.2) is 45.0 Å². The number of thioether (sulfide) groups is 1. The Morgan fingerprint density at radius 2 is 2.38 bits per heavy atom. The number of rotatable bonds is 5. The van der Waals surface area contributed by atoms with Gasteiger partial charge in [-0.15, -0.1) is 29.7 Å². The molecule has 7 heteroatoms. The van der Waals surface area contributed by atoms with Gasteiger partial charge in [0.05, 0.1) is 17.2 Å². The largest absolute Gasteiger partial charge is 0.396 e. The highest BCUT2D eigenvalue weighted by Gasteiger charge is 2.24. The van der Waals surface area contributed by atoms with Crippen LogP contribution in [-0.2, 0) is 4.74 Å². The van der Waals surface area contributed by atoms with E-state index in [-0.39, 0.29) is 5.91 Å². The van der Waals surface area contributed by atoms with E-state index in [9.17, 15) is 4.79 Å². The molecule has 1 aromatic rings. The van der Waals surface area contributed by atoms with Gasteiger partial charge in [-0.05, 0) is 12.7 Å². The number of nitrogen functional groups attached to an aromatic ring is 1. The van der Waals surface area contributed by atoms with Crippen LogP contribution in [0.3, 0.4) is 0 Å². The van der Waals surface area contributed by atoms with Crippen molar-refractivity contribution in [2.24, 2.45) is 0 Å². The Hall–Kier alpha value is -1.18. The molecule has 1 aromatic heterocycles. The first-order valence-corrected chi connectivity index (χ1v) is 8.91. The maximum Gasteiger partial charge on any atom is 0.263 e. The van der Waals surface area contributed by atoms with E-state index in [0.717, 1.165) is 36.0 Å². The summed E-state index contributed by atoms with van der Waals surface area (Å²) < 4.78 is 5.49. The first-order chi connectivity index (χ1) is 10.2. The fourth-order valence-corrected chi connectivity index (χ4v) is 4.33. The van der Waals surface area contributed by atoms with Crippen LogP contribution in [0.1, 0.15) is 16.1 Å². The Morgan fingerprint density at radius 1 is 1.57 bits per heavy atom. The van der Waals surface area contributed by atoms with E-state index in [1.807, 2.05) is 6.26 Å². The molecule has 1 fully saturated rings. The molecule has 1 saturated heterocycles. The van der Waals surface area contributed by atoms with Crippen molar-refractivity contribution in [2.75, 3.05) is 49.7 Å². The first-order valence-electron chi connectivity index (χ1n) is 6.87. The van der Waals surface area contributed by atoms with Gasteiger partial charge in [-0.25, -0.2) is 0 Å². The minimum Gasteiger partial charge on any atom is -0.396 e. The summed E-state index contributed by atoms with van der Waals surface area (Å²) in [6.07, 6.45) is 4.63. The van der Waals surface area contributed by atoms with Crippen LogP contribution >= 0.6 is 23.1 Å². The van der Waals surface area contributed by atoms with Crippen LogP contribution in [0.25, 0.3) is 0 Å². The molecule has 5 nitrogen and oxygen atoms in total. The highest BCUT2D eigenvalue weighted by Crippen LogP contribution is 2.44. The van der Waals surface area contributed by atoms with Gasteiger partial charge < -0.3 is 20.7 Å². The predicted molar refractivity (Wildman–Crippen MR) is 90.7 cm³/mol. The monoisotopic (exact) mass is 327 g/mol. The second kappa shape index (κ2) is 7.72. The van der Waals surface area contributed by atoms with Crippen molar-refractivity contribution in [3.8, 4) is 0 Å². The molecule has 0 atom stereocenters. The number of nitrogens with zero attached hydrogens (tertiary/aromatic N) is 1. The van der Waals surface area contributed by atoms with E-state index in [2.05, 4.69) is 16.8 Å². The second-order valence-corrected chi connectivity index (χ2v) is 6.45. The zero-order chi connectivity index (χ0) is 15.2. The summed E-state index contributed by atoms with van der Waals surface area (Å²) in [5.41, 5.74) is 6.76. The molecule has 0 saturated carbocycles. The molecule has 2 heterocycles. The summed E-state index contributed by atoms with van der Waals surface area (Å²) in [5, 5.41) is 3.87. The van der Waals surface area contributed by atoms with Crippen molar-refractivity contribution < 1.29 is 9.53 Å². The molecule has 2 rings (SSSR count).